The third kappa shape index (κ3) is 1.57. The lowest BCUT2D eigenvalue weighted by Gasteiger charge is -1.93. The molecule has 0 aliphatic heterocycles. The molecule has 4 nitrogen and oxygen atoms in total. The van der Waals surface area contributed by atoms with Crippen LogP contribution in [0.15, 0.2) is 6.20 Å². The summed E-state index contributed by atoms with van der Waals surface area (Å²) in [5.74, 6) is 0. The fraction of sp³-hybridized carbons (Fsp3) is 0.429. The van der Waals surface area contributed by atoms with Crippen molar-refractivity contribution in [1.82, 2.24) is 9.78 Å². The number of aliphatic hydroxyl groups excluding tert-OH is 1. The van der Waals surface area contributed by atoms with Crippen molar-refractivity contribution in [2.75, 3.05) is 6.61 Å². The van der Waals surface area contributed by atoms with Crippen LogP contribution in [0, 0.1) is 18.3 Å². The SMILES string of the molecule is Cc1nn(CCO)cc1C#N. The molecule has 0 aliphatic carbocycles. The first-order valence-corrected chi connectivity index (χ1v) is 3.33. The van der Waals surface area contributed by atoms with Gasteiger partial charge in [0.25, 0.3) is 0 Å². The van der Waals surface area contributed by atoms with E-state index in [0.29, 0.717) is 17.8 Å². The first kappa shape index (κ1) is 7.76. The highest BCUT2D eigenvalue weighted by Crippen LogP contribution is 2.02. The maximum atomic E-state index is 8.55. The Balaban J connectivity index is 2.89. The molecule has 0 radical (unpaired) electrons. The zero-order valence-electron chi connectivity index (χ0n) is 6.28. The monoisotopic (exact) mass is 151 g/mol. The number of aromatic nitrogens is 2. The van der Waals surface area contributed by atoms with Gasteiger partial charge >= 0.3 is 0 Å². The Morgan fingerprint density at radius 1 is 1.82 bits per heavy atom. The smallest absolute Gasteiger partial charge is 0.103 e. The Labute approximate surface area is 64.7 Å². The Morgan fingerprint density at radius 2 is 2.55 bits per heavy atom. The summed E-state index contributed by atoms with van der Waals surface area (Å²) in [7, 11) is 0. The predicted molar refractivity (Wildman–Crippen MR) is 38.8 cm³/mol. The quantitative estimate of drug-likeness (QED) is 0.649. The molecule has 1 aromatic heterocycles. The molecule has 1 N–H and O–H groups in total. The Kier molecular flexibility index (Phi) is 2.24. The maximum absolute atomic E-state index is 8.55. The van der Waals surface area contributed by atoms with Crippen LogP contribution in [0.5, 0.6) is 0 Å². The largest absolute Gasteiger partial charge is 0.394 e. The maximum Gasteiger partial charge on any atom is 0.103 e. The molecule has 0 aromatic carbocycles. The lowest BCUT2D eigenvalue weighted by molar-refractivity contribution is 0.269. The van der Waals surface area contributed by atoms with E-state index in [0.717, 1.165) is 0 Å². The molecule has 0 amide bonds. The fourth-order valence-electron chi connectivity index (χ4n) is 0.845. The van der Waals surface area contributed by atoms with Gasteiger partial charge in [-0.3, -0.25) is 4.68 Å². The number of aliphatic hydroxyl groups is 1. The molecule has 0 saturated heterocycles. The molecule has 1 rings (SSSR count). The third-order valence-corrected chi connectivity index (χ3v) is 1.40. The standard InChI is InChI=1S/C7H9N3O/c1-6-7(4-8)5-10(9-6)2-3-11/h5,11H,2-3H2,1H3. The highest BCUT2D eigenvalue weighted by molar-refractivity contribution is 5.29. The van der Waals surface area contributed by atoms with E-state index >= 15 is 0 Å². The van der Waals surface area contributed by atoms with Gasteiger partial charge in [-0.15, -0.1) is 0 Å². The topological polar surface area (TPSA) is 61.8 Å². The van der Waals surface area contributed by atoms with Gasteiger partial charge in [0.05, 0.1) is 24.4 Å². The molecule has 0 unspecified atom stereocenters. The van der Waals surface area contributed by atoms with E-state index in [1.807, 2.05) is 6.07 Å². The van der Waals surface area contributed by atoms with Gasteiger partial charge in [0.15, 0.2) is 0 Å². The van der Waals surface area contributed by atoms with Gasteiger partial charge in [-0.05, 0) is 6.92 Å². The van der Waals surface area contributed by atoms with E-state index in [1.54, 1.807) is 17.8 Å². The van der Waals surface area contributed by atoms with E-state index in [4.69, 9.17) is 10.4 Å². The average molecular weight is 151 g/mol. The van der Waals surface area contributed by atoms with Crippen molar-refractivity contribution in [3.05, 3.63) is 17.5 Å². The van der Waals surface area contributed by atoms with Crippen LogP contribution in [0.4, 0.5) is 0 Å². The molecule has 0 spiro atoms. The van der Waals surface area contributed by atoms with Crippen LogP contribution in [-0.2, 0) is 6.54 Å². The second-order valence-corrected chi connectivity index (χ2v) is 2.23. The molecule has 1 heterocycles. The molecule has 58 valence electrons. The third-order valence-electron chi connectivity index (χ3n) is 1.40. The molecular formula is C7H9N3O. The number of aryl methyl sites for hydroxylation is 1. The average Bonchev–Trinajstić information content (AvgIpc) is 2.32. The lowest BCUT2D eigenvalue weighted by atomic mass is 10.3. The molecule has 0 bridgehead atoms. The normalized spacial score (nSPS) is 9.55. The summed E-state index contributed by atoms with van der Waals surface area (Å²) in [6.07, 6.45) is 1.63. The summed E-state index contributed by atoms with van der Waals surface area (Å²) >= 11 is 0. The Morgan fingerprint density at radius 3 is 3.00 bits per heavy atom. The second kappa shape index (κ2) is 3.17. The zero-order chi connectivity index (χ0) is 8.27. The van der Waals surface area contributed by atoms with E-state index in [9.17, 15) is 0 Å². The summed E-state index contributed by atoms with van der Waals surface area (Å²) in [5.41, 5.74) is 1.28. The minimum atomic E-state index is 0.0476. The highest BCUT2D eigenvalue weighted by atomic mass is 16.3. The molecule has 0 fully saturated rings. The van der Waals surface area contributed by atoms with Gasteiger partial charge in [-0.1, -0.05) is 0 Å². The van der Waals surface area contributed by atoms with Gasteiger partial charge in [0.2, 0.25) is 0 Å². The Bertz CT molecular complexity index is 284. The zero-order valence-corrected chi connectivity index (χ0v) is 6.28. The number of nitriles is 1. The van der Waals surface area contributed by atoms with E-state index in [2.05, 4.69) is 5.10 Å². The van der Waals surface area contributed by atoms with Gasteiger partial charge < -0.3 is 5.11 Å². The predicted octanol–water partition coefficient (Wildman–Crippen LogP) is 0.0555. The Hall–Kier alpha value is -1.34. The first-order valence-electron chi connectivity index (χ1n) is 3.33. The molecular weight excluding hydrogens is 142 g/mol. The lowest BCUT2D eigenvalue weighted by Crippen LogP contribution is -2.02. The summed E-state index contributed by atoms with van der Waals surface area (Å²) in [6, 6.07) is 2.01. The van der Waals surface area contributed by atoms with Gasteiger partial charge in [-0.25, -0.2) is 0 Å². The number of nitrogens with zero attached hydrogens (tertiary/aromatic N) is 3. The second-order valence-electron chi connectivity index (χ2n) is 2.23. The van der Waals surface area contributed by atoms with Crippen LogP contribution in [-0.4, -0.2) is 21.5 Å². The summed E-state index contributed by atoms with van der Waals surface area (Å²) in [4.78, 5) is 0. The summed E-state index contributed by atoms with van der Waals surface area (Å²) in [6.45, 7) is 2.26. The fourth-order valence-corrected chi connectivity index (χ4v) is 0.845. The van der Waals surface area contributed by atoms with Crippen molar-refractivity contribution >= 4 is 0 Å². The van der Waals surface area contributed by atoms with Crippen LogP contribution >= 0.6 is 0 Å². The van der Waals surface area contributed by atoms with Crippen LogP contribution in [0.1, 0.15) is 11.3 Å². The molecule has 11 heavy (non-hydrogen) atoms. The minimum absolute atomic E-state index is 0.0476. The van der Waals surface area contributed by atoms with E-state index in [1.165, 1.54) is 0 Å². The molecule has 0 aliphatic rings. The minimum Gasteiger partial charge on any atom is -0.394 e. The molecule has 1 aromatic rings. The van der Waals surface area contributed by atoms with Gasteiger partial charge in [-0.2, -0.15) is 10.4 Å². The van der Waals surface area contributed by atoms with Gasteiger partial charge in [0, 0.05) is 6.20 Å². The van der Waals surface area contributed by atoms with Crippen molar-refractivity contribution in [2.45, 2.75) is 13.5 Å². The highest BCUT2D eigenvalue weighted by Gasteiger charge is 2.01. The number of rotatable bonds is 2. The van der Waals surface area contributed by atoms with Crippen molar-refractivity contribution in [3.8, 4) is 6.07 Å². The van der Waals surface area contributed by atoms with Crippen LogP contribution in [0.2, 0.25) is 0 Å². The number of hydrogen-bond acceptors (Lipinski definition) is 3. The van der Waals surface area contributed by atoms with Gasteiger partial charge in [0.1, 0.15) is 6.07 Å². The summed E-state index contributed by atoms with van der Waals surface area (Å²) in [5, 5.41) is 21.1. The van der Waals surface area contributed by atoms with Crippen LogP contribution < -0.4 is 0 Å². The molecule has 0 saturated carbocycles. The van der Waals surface area contributed by atoms with E-state index in [-0.39, 0.29) is 6.61 Å². The van der Waals surface area contributed by atoms with Crippen molar-refractivity contribution in [1.29, 1.82) is 5.26 Å². The van der Waals surface area contributed by atoms with Crippen molar-refractivity contribution in [2.24, 2.45) is 0 Å². The van der Waals surface area contributed by atoms with Crippen LogP contribution in [0.25, 0.3) is 0 Å². The first-order chi connectivity index (χ1) is 5.27. The molecule has 4 heteroatoms. The van der Waals surface area contributed by atoms with E-state index < -0.39 is 0 Å². The summed E-state index contributed by atoms with van der Waals surface area (Å²) < 4.78 is 1.56. The number of hydrogen-bond donors (Lipinski definition) is 1. The van der Waals surface area contributed by atoms with Crippen molar-refractivity contribution in [3.63, 3.8) is 0 Å². The van der Waals surface area contributed by atoms with Crippen molar-refractivity contribution < 1.29 is 5.11 Å². The molecule has 0 atom stereocenters. The van der Waals surface area contributed by atoms with Crippen LogP contribution in [0.3, 0.4) is 0 Å².